The Morgan fingerprint density at radius 3 is 2.53 bits per heavy atom. The summed E-state index contributed by atoms with van der Waals surface area (Å²) in [6, 6.07) is 17.9. The Hall–Kier alpha value is -3.43. The van der Waals surface area contributed by atoms with E-state index in [0.717, 1.165) is 4.88 Å². The lowest BCUT2D eigenvalue weighted by atomic mass is 10.2. The molecule has 1 N–H and O–H groups in total. The monoisotopic (exact) mass is 470 g/mol. The summed E-state index contributed by atoms with van der Waals surface area (Å²) in [4.78, 5) is 25.2. The highest BCUT2D eigenvalue weighted by atomic mass is 32.2. The molecule has 0 saturated carbocycles. The topological polar surface area (TPSA) is 92.8 Å². The number of hydrogen-bond acceptors (Lipinski definition) is 6. The Balaban J connectivity index is 1.69. The highest BCUT2D eigenvalue weighted by molar-refractivity contribution is 7.92. The van der Waals surface area contributed by atoms with Crippen molar-refractivity contribution < 1.29 is 22.7 Å². The smallest absolute Gasteiger partial charge is 0.338 e. The van der Waals surface area contributed by atoms with Gasteiger partial charge in [0.25, 0.3) is 15.9 Å². The molecule has 0 bridgehead atoms. The number of esters is 1. The van der Waals surface area contributed by atoms with Crippen LogP contribution in [0.4, 0.5) is 5.69 Å². The van der Waals surface area contributed by atoms with Gasteiger partial charge in [0.1, 0.15) is 0 Å². The fourth-order valence-electron chi connectivity index (χ4n) is 2.83. The molecule has 1 amide bonds. The van der Waals surface area contributed by atoms with Crippen molar-refractivity contribution in [1.82, 2.24) is 5.32 Å². The molecule has 0 saturated heterocycles. The van der Waals surface area contributed by atoms with E-state index in [2.05, 4.69) is 11.9 Å². The SMILES string of the molecule is C=CCN(c1ccccc1)S(=O)(=O)c1cccc(C(=O)OCC(=O)NCc2cccs2)c1. The van der Waals surface area contributed by atoms with Gasteiger partial charge >= 0.3 is 5.97 Å². The highest BCUT2D eigenvalue weighted by Gasteiger charge is 2.25. The number of nitrogens with one attached hydrogen (secondary N) is 1. The van der Waals surface area contributed by atoms with Crippen molar-refractivity contribution in [3.63, 3.8) is 0 Å². The summed E-state index contributed by atoms with van der Waals surface area (Å²) in [5.41, 5.74) is 0.506. The third-order valence-corrected chi connectivity index (χ3v) is 7.04. The molecule has 2 aromatic carbocycles. The molecule has 0 radical (unpaired) electrons. The van der Waals surface area contributed by atoms with E-state index in [1.54, 1.807) is 30.3 Å². The second kappa shape index (κ2) is 10.7. The van der Waals surface area contributed by atoms with Crippen molar-refractivity contribution >= 4 is 38.9 Å². The summed E-state index contributed by atoms with van der Waals surface area (Å²) in [7, 11) is -3.96. The molecule has 1 heterocycles. The standard InChI is InChI=1S/C23H22N2O5S2/c1-2-13-25(19-9-4-3-5-10-19)32(28,29)21-12-6-8-18(15-21)23(27)30-17-22(26)24-16-20-11-7-14-31-20/h2-12,14-15H,1,13,16-17H2,(H,24,26). The first-order valence-corrected chi connectivity index (χ1v) is 12.0. The molecule has 3 aromatic rings. The molecule has 3 rings (SSSR count). The Morgan fingerprint density at radius 1 is 1.06 bits per heavy atom. The van der Waals surface area contributed by atoms with Crippen LogP contribution in [0.3, 0.4) is 0 Å². The van der Waals surface area contributed by atoms with Gasteiger partial charge in [0, 0.05) is 4.88 Å². The molecule has 0 aliphatic rings. The third kappa shape index (κ3) is 5.83. The maximum atomic E-state index is 13.2. The molecule has 0 unspecified atom stereocenters. The zero-order valence-corrected chi connectivity index (χ0v) is 18.8. The molecule has 7 nitrogen and oxygen atoms in total. The summed E-state index contributed by atoms with van der Waals surface area (Å²) in [5.74, 6) is -1.24. The minimum Gasteiger partial charge on any atom is -0.452 e. The average Bonchev–Trinajstić information content (AvgIpc) is 3.34. The van der Waals surface area contributed by atoms with Crippen molar-refractivity contribution in [1.29, 1.82) is 0 Å². The van der Waals surface area contributed by atoms with Crippen LogP contribution in [-0.2, 0) is 26.1 Å². The largest absolute Gasteiger partial charge is 0.452 e. The zero-order valence-electron chi connectivity index (χ0n) is 17.1. The number of thiophene rings is 1. The minimum atomic E-state index is -3.96. The number of ether oxygens (including phenoxy) is 1. The zero-order chi connectivity index (χ0) is 23.0. The van der Waals surface area contributed by atoms with Gasteiger partial charge in [0.15, 0.2) is 6.61 Å². The van der Waals surface area contributed by atoms with E-state index in [0.29, 0.717) is 12.2 Å². The first kappa shape index (κ1) is 23.2. The van der Waals surface area contributed by atoms with E-state index in [-0.39, 0.29) is 17.0 Å². The van der Waals surface area contributed by atoms with Gasteiger partial charge in [0.2, 0.25) is 0 Å². The number of hydrogen-bond donors (Lipinski definition) is 1. The van der Waals surface area contributed by atoms with Crippen molar-refractivity contribution in [2.24, 2.45) is 0 Å². The van der Waals surface area contributed by atoms with Crippen molar-refractivity contribution in [2.75, 3.05) is 17.5 Å². The number of sulfonamides is 1. The van der Waals surface area contributed by atoms with Crippen molar-refractivity contribution in [3.8, 4) is 0 Å². The lowest BCUT2D eigenvalue weighted by Crippen LogP contribution is -2.31. The van der Waals surface area contributed by atoms with Crippen LogP contribution >= 0.6 is 11.3 Å². The average molecular weight is 471 g/mol. The first-order valence-electron chi connectivity index (χ1n) is 9.67. The quantitative estimate of drug-likeness (QED) is 0.361. The maximum absolute atomic E-state index is 13.2. The van der Waals surface area contributed by atoms with Gasteiger partial charge in [-0.15, -0.1) is 17.9 Å². The third-order valence-electron chi connectivity index (χ3n) is 4.37. The second-order valence-electron chi connectivity index (χ2n) is 6.62. The van der Waals surface area contributed by atoms with E-state index in [4.69, 9.17) is 4.74 Å². The lowest BCUT2D eigenvalue weighted by Gasteiger charge is -2.23. The number of nitrogens with zero attached hydrogens (tertiary/aromatic N) is 1. The van der Waals surface area contributed by atoms with Gasteiger partial charge in [-0.25, -0.2) is 13.2 Å². The highest BCUT2D eigenvalue weighted by Crippen LogP contribution is 2.24. The number of carbonyl (C=O) groups is 2. The van der Waals surface area contributed by atoms with E-state index >= 15 is 0 Å². The Bertz CT molecular complexity index is 1180. The molecule has 0 fully saturated rings. The number of rotatable bonds is 10. The molecule has 1 aromatic heterocycles. The summed E-state index contributed by atoms with van der Waals surface area (Å²) in [6.07, 6.45) is 1.48. The first-order chi connectivity index (χ1) is 15.4. The second-order valence-corrected chi connectivity index (χ2v) is 9.51. The number of amides is 1. The van der Waals surface area contributed by atoms with Gasteiger partial charge in [-0.3, -0.25) is 9.10 Å². The Labute approximate surface area is 191 Å². The van der Waals surface area contributed by atoms with Crippen LogP contribution in [0.1, 0.15) is 15.2 Å². The predicted molar refractivity (Wildman–Crippen MR) is 124 cm³/mol. The van der Waals surface area contributed by atoms with Crippen molar-refractivity contribution in [3.05, 3.63) is 95.2 Å². The van der Waals surface area contributed by atoms with Crippen LogP contribution in [0, 0.1) is 0 Å². The normalized spacial score (nSPS) is 10.9. The molecule has 32 heavy (non-hydrogen) atoms. The van der Waals surface area contributed by atoms with Crippen LogP contribution in [0.2, 0.25) is 0 Å². The van der Waals surface area contributed by atoms with Crippen LogP contribution in [0.15, 0.2) is 89.7 Å². The lowest BCUT2D eigenvalue weighted by molar-refractivity contribution is -0.124. The Morgan fingerprint density at radius 2 is 1.84 bits per heavy atom. The number of benzene rings is 2. The molecule has 9 heteroatoms. The fraction of sp³-hybridized carbons (Fsp3) is 0.130. The summed E-state index contributed by atoms with van der Waals surface area (Å²) >= 11 is 1.50. The van der Waals surface area contributed by atoms with E-state index in [1.807, 2.05) is 17.5 Å². The summed E-state index contributed by atoms with van der Waals surface area (Å²) in [6.45, 7) is 3.58. The van der Waals surface area contributed by atoms with Gasteiger partial charge in [-0.05, 0) is 41.8 Å². The molecule has 0 atom stereocenters. The van der Waals surface area contributed by atoms with Crippen LogP contribution < -0.4 is 9.62 Å². The van der Waals surface area contributed by atoms with Crippen LogP contribution in [-0.4, -0.2) is 33.4 Å². The number of carbonyl (C=O) groups excluding carboxylic acids is 2. The minimum absolute atomic E-state index is 0.0312. The Kier molecular flexibility index (Phi) is 7.80. The van der Waals surface area contributed by atoms with E-state index < -0.39 is 28.5 Å². The van der Waals surface area contributed by atoms with E-state index in [9.17, 15) is 18.0 Å². The fourth-order valence-corrected chi connectivity index (χ4v) is 4.96. The maximum Gasteiger partial charge on any atom is 0.338 e. The van der Waals surface area contributed by atoms with Crippen LogP contribution in [0.25, 0.3) is 0 Å². The summed E-state index contributed by atoms with van der Waals surface area (Å²) < 4.78 is 32.7. The van der Waals surface area contributed by atoms with Gasteiger partial charge in [-0.2, -0.15) is 0 Å². The molecular formula is C23H22N2O5S2. The molecular weight excluding hydrogens is 448 g/mol. The predicted octanol–water partition coefficient (Wildman–Crippen LogP) is 3.60. The molecule has 0 spiro atoms. The van der Waals surface area contributed by atoms with Crippen molar-refractivity contribution in [2.45, 2.75) is 11.4 Å². The van der Waals surface area contributed by atoms with E-state index in [1.165, 1.54) is 46.0 Å². The summed E-state index contributed by atoms with van der Waals surface area (Å²) in [5, 5.41) is 4.56. The van der Waals surface area contributed by atoms with Gasteiger partial charge in [0.05, 0.1) is 29.2 Å². The molecule has 166 valence electrons. The molecule has 0 aliphatic heterocycles. The number of anilines is 1. The van der Waals surface area contributed by atoms with Crippen LogP contribution in [0.5, 0.6) is 0 Å². The van der Waals surface area contributed by atoms with Gasteiger partial charge in [-0.1, -0.05) is 36.4 Å². The number of para-hydroxylation sites is 1. The van der Waals surface area contributed by atoms with Gasteiger partial charge < -0.3 is 10.1 Å². The molecule has 0 aliphatic carbocycles.